The third-order valence-corrected chi connectivity index (χ3v) is 4.08. The van der Waals surface area contributed by atoms with E-state index in [4.69, 9.17) is 0 Å². The minimum Gasteiger partial charge on any atom is -0.373 e. The van der Waals surface area contributed by atoms with Crippen LogP contribution in [0.3, 0.4) is 0 Å². The molecule has 3 rings (SSSR count). The summed E-state index contributed by atoms with van der Waals surface area (Å²) < 4.78 is 0. The van der Waals surface area contributed by atoms with E-state index in [0.717, 1.165) is 48.8 Å². The van der Waals surface area contributed by atoms with E-state index in [-0.39, 0.29) is 11.9 Å². The van der Waals surface area contributed by atoms with Crippen LogP contribution in [0, 0.1) is 6.92 Å². The van der Waals surface area contributed by atoms with Crippen molar-refractivity contribution < 1.29 is 4.79 Å². The number of anilines is 2. The molecule has 1 atom stereocenters. The fourth-order valence-electron chi connectivity index (χ4n) is 2.56. The van der Waals surface area contributed by atoms with Gasteiger partial charge in [-0.05, 0) is 26.2 Å². The van der Waals surface area contributed by atoms with Gasteiger partial charge in [0.15, 0.2) is 0 Å². The molecular weight excluding hydrogens is 254 g/mol. The van der Waals surface area contributed by atoms with E-state index in [2.05, 4.69) is 20.6 Å². The fraction of sp³-hybridized carbons (Fsp3) is 0.643. The van der Waals surface area contributed by atoms with Crippen molar-refractivity contribution in [1.82, 2.24) is 14.9 Å². The molecule has 1 unspecified atom stereocenters. The van der Waals surface area contributed by atoms with Gasteiger partial charge >= 0.3 is 0 Å². The van der Waals surface area contributed by atoms with Gasteiger partial charge in [-0.3, -0.25) is 4.79 Å². The van der Waals surface area contributed by atoms with Crippen molar-refractivity contribution >= 4 is 17.5 Å². The lowest BCUT2D eigenvalue weighted by Gasteiger charge is -2.17. The second-order valence-electron chi connectivity index (χ2n) is 5.67. The summed E-state index contributed by atoms with van der Waals surface area (Å²) in [6, 6.07) is -0.162. The molecule has 2 aliphatic rings. The van der Waals surface area contributed by atoms with Crippen molar-refractivity contribution in [3.63, 3.8) is 0 Å². The molecule has 1 saturated heterocycles. The maximum absolute atomic E-state index is 12.0. The SMILES string of the molecule is CNc1nc(C2CC2)nc(NC2CCN(C)C2=O)c1C. The van der Waals surface area contributed by atoms with Crippen LogP contribution in [0.25, 0.3) is 0 Å². The second-order valence-corrected chi connectivity index (χ2v) is 5.67. The molecule has 20 heavy (non-hydrogen) atoms. The number of hydrogen-bond acceptors (Lipinski definition) is 5. The van der Waals surface area contributed by atoms with Crippen molar-refractivity contribution in [3.05, 3.63) is 11.4 Å². The molecule has 1 aliphatic carbocycles. The molecule has 0 aromatic carbocycles. The lowest BCUT2D eigenvalue weighted by atomic mass is 10.2. The molecule has 2 N–H and O–H groups in total. The Balaban J connectivity index is 1.88. The normalized spacial score (nSPS) is 22.2. The monoisotopic (exact) mass is 275 g/mol. The van der Waals surface area contributed by atoms with Crippen molar-refractivity contribution in [2.24, 2.45) is 0 Å². The Hall–Kier alpha value is -1.85. The standard InChI is InChI=1S/C14H21N5O/c1-8-11(15-2)17-13(9-4-5-9)18-12(8)16-10-6-7-19(3)14(10)20/h9-10H,4-7H2,1-3H3,(H2,15,16,17,18). The first-order chi connectivity index (χ1) is 9.60. The van der Waals surface area contributed by atoms with Crippen molar-refractivity contribution in [1.29, 1.82) is 0 Å². The lowest BCUT2D eigenvalue weighted by molar-refractivity contribution is -0.127. The molecule has 108 valence electrons. The van der Waals surface area contributed by atoms with Gasteiger partial charge in [0, 0.05) is 32.1 Å². The highest BCUT2D eigenvalue weighted by Gasteiger charge is 2.31. The topological polar surface area (TPSA) is 70.2 Å². The average molecular weight is 275 g/mol. The minimum atomic E-state index is -0.162. The smallest absolute Gasteiger partial charge is 0.244 e. The Bertz CT molecular complexity index is 541. The summed E-state index contributed by atoms with van der Waals surface area (Å²) in [6.07, 6.45) is 3.15. The van der Waals surface area contributed by atoms with Crippen LogP contribution in [0.15, 0.2) is 0 Å². The van der Waals surface area contributed by atoms with E-state index in [1.165, 1.54) is 0 Å². The number of carbonyl (C=O) groups is 1. The predicted octanol–water partition coefficient (Wildman–Crippen LogP) is 1.35. The zero-order valence-electron chi connectivity index (χ0n) is 12.2. The second kappa shape index (κ2) is 4.92. The summed E-state index contributed by atoms with van der Waals surface area (Å²) in [5.74, 6) is 3.16. The first kappa shape index (κ1) is 13.1. The van der Waals surface area contributed by atoms with Crippen LogP contribution >= 0.6 is 0 Å². The fourth-order valence-corrected chi connectivity index (χ4v) is 2.56. The Morgan fingerprint density at radius 2 is 1.90 bits per heavy atom. The Morgan fingerprint density at radius 3 is 2.45 bits per heavy atom. The van der Waals surface area contributed by atoms with Crippen LogP contribution in [0.5, 0.6) is 0 Å². The average Bonchev–Trinajstić information content (AvgIpc) is 3.24. The molecule has 1 aliphatic heterocycles. The number of nitrogens with zero attached hydrogens (tertiary/aromatic N) is 3. The summed E-state index contributed by atoms with van der Waals surface area (Å²) in [5.41, 5.74) is 0.972. The van der Waals surface area contributed by atoms with E-state index >= 15 is 0 Å². The first-order valence-corrected chi connectivity index (χ1v) is 7.18. The highest BCUT2D eigenvalue weighted by Crippen LogP contribution is 2.39. The lowest BCUT2D eigenvalue weighted by Crippen LogP contribution is -2.31. The third-order valence-electron chi connectivity index (χ3n) is 4.08. The van der Waals surface area contributed by atoms with Crippen molar-refractivity contribution in [2.45, 2.75) is 38.1 Å². The summed E-state index contributed by atoms with van der Waals surface area (Å²) >= 11 is 0. The molecule has 1 aromatic heterocycles. The Morgan fingerprint density at radius 1 is 1.20 bits per heavy atom. The number of carbonyl (C=O) groups excluding carboxylic acids is 1. The number of rotatable bonds is 4. The number of likely N-dealkylation sites (N-methyl/N-ethyl adjacent to an activating group) is 1. The van der Waals surface area contributed by atoms with Crippen LogP contribution < -0.4 is 10.6 Å². The van der Waals surface area contributed by atoms with E-state index in [0.29, 0.717) is 5.92 Å². The van der Waals surface area contributed by atoms with Gasteiger partial charge in [0.2, 0.25) is 5.91 Å². The summed E-state index contributed by atoms with van der Waals surface area (Å²) in [4.78, 5) is 23.0. The summed E-state index contributed by atoms with van der Waals surface area (Å²) in [6.45, 7) is 2.78. The van der Waals surface area contributed by atoms with E-state index in [1.807, 2.05) is 21.0 Å². The molecule has 6 heteroatoms. The maximum atomic E-state index is 12.0. The quantitative estimate of drug-likeness (QED) is 0.868. The molecule has 2 fully saturated rings. The van der Waals surface area contributed by atoms with E-state index in [1.54, 1.807) is 4.90 Å². The largest absolute Gasteiger partial charge is 0.373 e. The Labute approximate surface area is 119 Å². The Kier molecular flexibility index (Phi) is 3.23. The van der Waals surface area contributed by atoms with Gasteiger partial charge in [-0.25, -0.2) is 9.97 Å². The van der Waals surface area contributed by atoms with E-state index < -0.39 is 0 Å². The predicted molar refractivity (Wildman–Crippen MR) is 78.0 cm³/mol. The molecule has 1 aromatic rings. The zero-order chi connectivity index (χ0) is 14.3. The molecule has 0 bridgehead atoms. The summed E-state index contributed by atoms with van der Waals surface area (Å²) in [5, 5.41) is 6.42. The van der Waals surface area contributed by atoms with Crippen molar-refractivity contribution in [3.8, 4) is 0 Å². The van der Waals surface area contributed by atoms with Gasteiger partial charge < -0.3 is 15.5 Å². The van der Waals surface area contributed by atoms with Crippen molar-refractivity contribution in [2.75, 3.05) is 31.3 Å². The van der Waals surface area contributed by atoms with Crippen LogP contribution in [0.1, 0.15) is 36.6 Å². The molecular formula is C14H21N5O. The first-order valence-electron chi connectivity index (χ1n) is 7.18. The molecule has 0 spiro atoms. The third kappa shape index (κ3) is 2.30. The van der Waals surface area contributed by atoms with Crippen LogP contribution in [-0.4, -0.2) is 47.5 Å². The molecule has 1 amide bonds. The number of aromatic nitrogens is 2. The van der Waals surface area contributed by atoms with Gasteiger partial charge in [0.05, 0.1) is 0 Å². The maximum Gasteiger partial charge on any atom is 0.244 e. The molecule has 6 nitrogen and oxygen atoms in total. The number of nitrogens with one attached hydrogen (secondary N) is 2. The van der Waals surface area contributed by atoms with Gasteiger partial charge in [0.1, 0.15) is 23.5 Å². The highest BCUT2D eigenvalue weighted by atomic mass is 16.2. The van der Waals surface area contributed by atoms with E-state index in [9.17, 15) is 4.79 Å². The number of amides is 1. The van der Waals surface area contributed by atoms with Gasteiger partial charge in [0.25, 0.3) is 0 Å². The minimum absolute atomic E-state index is 0.141. The molecule has 2 heterocycles. The van der Waals surface area contributed by atoms with Crippen LogP contribution in [0.2, 0.25) is 0 Å². The van der Waals surface area contributed by atoms with Gasteiger partial charge in [-0.2, -0.15) is 0 Å². The van der Waals surface area contributed by atoms with Crippen LogP contribution in [-0.2, 0) is 4.79 Å². The molecule has 1 saturated carbocycles. The number of hydrogen-bond donors (Lipinski definition) is 2. The highest BCUT2D eigenvalue weighted by molar-refractivity contribution is 5.86. The number of likely N-dealkylation sites (tertiary alicyclic amines) is 1. The molecule has 0 radical (unpaired) electrons. The van der Waals surface area contributed by atoms with Crippen LogP contribution in [0.4, 0.5) is 11.6 Å². The van der Waals surface area contributed by atoms with Gasteiger partial charge in [-0.1, -0.05) is 0 Å². The summed E-state index contributed by atoms with van der Waals surface area (Å²) in [7, 11) is 3.70. The zero-order valence-corrected chi connectivity index (χ0v) is 12.2. The van der Waals surface area contributed by atoms with Gasteiger partial charge in [-0.15, -0.1) is 0 Å².